The zero-order valence-electron chi connectivity index (χ0n) is 8.67. The first-order valence-electron chi connectivity index (χ1n) is 4.35. The second-order valence-electron chi connectivity index (χ2n) is 3.37. The predicted octanol–water partition coefficient (Wildman–Crippen LogP) is 2.17. The van der Waals surface area contributed by atoms with E-state index < -0.39 is 0 Å². The average Bonchev–Trinajstić information content (AvgIpc) is 1.84. The Morgan fingerprint density at radius 2 is 1.85 bits per heavy atom. The number of rotatable bonds is 6. The van der Waals surface area contributed by atoms with Crippen molar-refractivity contribution in [1.29, 1.82) is 0 Å². The van der Waals surface area contributed by atoms with E-state index in [1.54, 1.807) is 6.92 Å². The van der Waals surface area contributed by atoms with E-state index in [-0.39, 0.29) is 50.2 Å². The van der Waals surface area contributed by atoms with Gasteiger partial charge in [-0.05, 0) is 12.8 Å². The Hall–Kier alpha value is 0.444. The molecular formula is C10H17O2Y-. The number of hydrogen-bond donors (Lipinski definition) is 0. The van der Waals surface area contributed by atoms with Gasteiger partial charge in [-0.25, -0.2) is 0 Å². The van der Waals surface area contributed by atoms with Crippen molar-refractivity contribution in [1.82, 2.24) is 0 Å². The van der Waals surface area contributed by atoms with Gasteiger partial charge in [-0.2, -0.15) is 6.92 Å². The van der Waals surface area contributed by atoms with Crippen LogP contribution < -0.4 is 0 Å². The Morgan fingerprint density at radius 3 is 2.23 bits per heavy atom. The summed E-state index contributed by atoms with van der Waals surface area (Å²) < 4.78 is 0. The molecule has 1 atom stereocenters. The molecule has 0 fully saturated rings. The van der Waals surface area contributed by atoms with Gasteiger partial charge in [0.2, 0.25) is 0 Å². The zero-order chi connectivity index (χ0) is 9.56. The molecule has 0 unspecified atom stereocenters. The minimum absolute atomic E-state index is 0. The van der Waals surface area contributed by atoms with Crippen LogP contribution in [-0.4, -0.2) is 11.6 Å². The summed E-state index contributed by atoms with van der Waals surface area (Å²) in [5, 5.41) is 0. The Kier molecular flexibility index (Phi) is 11.0. The molecule has 73 valence electrons. The van der Waals surface area contributed by atoms with Crippen LogP contribution in [0, 0.1) is 12.3 Å². The van der Waals surface area contributed by atoms with E-state index >= 15 is 0 Å². The van der Waals surface area contributed by atoms with Crippen molar-refractivity contribution in [2.75, 3.05) is 0 Å². The number of carbonyl (C=O) groups excluding carboxylic acids is 2. The summed E-state index contributed by atoms with van der Waals surface area (Å²) in [6.07, 6.45) is 3.43. The molecule has 0 bridgehead atoms. The fraction of sp³-hybridized carbons (Fsp3) is 0.700. The molecule has 0 aromatic carbocycles. The summed E-state index contributed by atoms with van der Waals surface area (Å²) in [6.45, 7) is 5.37. The van der Waals surface area contributed by atoms with Crippen LogP contribution in [0.3, 0.4) is 0 Å². The van der Waals surface area contributed by atoms with E-state index in [1.807, 2.05) is 20.3 Å². The summed E-state index contributed by atoms with van der Waals surface area (Å²) in [7, 11) is 0. The molecule has 0 aromatic heterocycles. The van der Waals surface area contributed by atoms with Gasteiger partial charge in [0.05, 0.1) is 0 Å². The molecule has 0 aliphatic carbocycles. The summed E-state index contributed by atoms with van der Waals surface area (Å²) in [4.78, 5) is 21.8. The zero-order valence-corrected chi connectivity index (χ0v) is 11.5. The van der Waals surface area contributed by atoms with Crippen LogP contribution in [0.1, 0.15) is 40.0 Å². The van der Waals surface area contributed by atoms with Crippen LogP contribution in [-0.2, 0) is 42.3 Å². The van der Waals surface area contributed by atoms with Crippen molar-refractivity contribution >= 4 is 11.6 Å². The van der Waals surface area contributed by atoms with Crippen LogP contribution >= 0.6 is 0 Å². The molecule has 0 rings (SSSR count). The summed E-state index contributed by atoms with van der Waals surface area (Å²) in [5.41, 5.74) is 0. The molecule has 0 spiro atoms. The third-order valence-corrected chi connectivity index (χ3v) is 1.64. The molecule has 1 radical (unpaired) electrons. The van der Waals surface area contributed by atoms with E-state index in [1.165, 1.54) is 0 Å². The molecule has 2 nitrogen and oxygen atoms in total. The van der Waals surface area contributed by atoms with Crippen LogP contribution in [0.15, 0.2) is 0 Å². The van der Waals surface area contributed by atoms with Crippen LogP contribution in [0.25, 0.3) is 0 Å². The average molecular weight is 258 g/mol. The molecule has 0 aromatic rings. The van der Waals surface area contributed by atoms with Crippen molar-refractivity contribution in [3.8, 4) is 0 Å². The predicted molar refractivity (Wildman–Crippen MR) is 48.7 cm³/mol. The van der Waals surface area contributed by atoms with Crippen molar-refractivity contribution in [2.45, 2.75) is 40.0 Å². The standard InChI is InChI=1S/C10H17O2.Y/c1-4-5-10(12)7-8(2)6-9(3)11;/h4,8H,5-7H2,1-3H3;/q-1;/t8-;/m0./s1. The third kappa shape index (κ3) is 10.4. The van der Waals surface area contributed by atoms with Gasteiger partial charge in [0.1, 0.15) is 11.6 Å². The SMILES string of the molecule is C[CH-]CC(=O)C[C@@H](C)CC(C)=O.[Y]. The molecule has 13 heavy (non-hydrogen) atoms. The fourth-order valence-electron chi connectivity index (χ4n) is 1.26. The van der Waals surface area contributed by atoms with Gasteiger partial charge >= 0.3 is 0 Å². The van der Waals surface area contributed by atoms with Gasteiger partial charge in [0.25, 0.3) is 0 Å². The number of Topliss-reactive ketones (excluding diaryl/α,β-unsaturated/α-hetero) is 2. The van der Waals surface area contributed by atoms with E-state index in [9.17, 15) is 9.59 Å². The molecule has 0 N–H and O–H groups in total. The topological polar surface area (TPSA) is 34.1 Å². The van der Waals surface area contributed by atoms with E-state index in [0.29, 0.717) is 19.3 Å². The van der Waals surface area contributed by atoms with Gasteiger partial charge in [0, 0.05) is 45.6 Å². The quantitative estimate of drug-likeness (QED) is 0.684. The van der Waals surface area contributed by atoms with Gasteiger partial charge < -0.3 is 16.0 Å². The first-order valence-corrected chi connectivity index (χ1v) is 4.35. The third-order valence-electron chi connectivity index (χ3n) is 1.64. The smallest absolute Gasteiger partial charge is 0.130 e. The molecule has 0 saturated heterocycles. The molecule has 0 amide bonds. The molecule has 0 aliphatic heterocycles. The largest absolute Gasteiger partial charge is 0.324 e. The van der Waals surface area contributed by atoms with E-state index in [4.69, 9.17) is 0 Å². The summed E-state index contributed by atoms with van der Waals surface area (Å²) in [6, 6.07) is 0. The van der Waals surface area contributed by atoms with Gasteiger partial charge in [-0.1, -0.05) is 6.92 Å². The number of hydrogen-bond acceptors (Lipinski definition) is 2. The van der Waals surface area contributed by atoms with Crippen molar-refractivity contribution in [3.63, 3.8) is 0 Å². The Morgan fingerprint density at radius 1 is 1.31 bits per heavy atom. The van der Waals surface area contributed by atoms with Crippen molar-refractivity contribution in [3.05, 3.63) is 6.42 Å². The molecule has 0 saturated carbocycles. The second kappa shape index (κ2) is 9.02. The van der Waals surface area contributed by atoms with E-state index in [2.05, 4.69) is 0 Å². The molecule has 0 aliphatic rings. The maximum absolute atomic E-state index is 11.1. The summed E-state index contributed by atoms with van der Waals surface area (Å²) >= 11 is 0. The molecular weight excluding hydrogens is 241 g/mol. The summed E-state index contributed by atoms with van der Waals surface area (Å²) in [5.74, 6) is 0.594. The normalized spacial score (nSPS) is 11.6. The van der Waals surface area contributed by atoms with Gasteiger partial charge in [0.15, 0.2) is 0 Å². The Balaban J connectivity index is 0. The first kappa shape index (κ1) is 15.9. The molecule has 3 heteroatoms. The second-order valence-corrected chi connectivity index (χ2v) is 3.37. The minimum Gasteiger partial charge on any atom is -0.324 e. The Bertz CT molecular complexity index is 166. The maximum atomic E-state index is 11.1. The number of ketones is 2. The Labute approximate surface area is 106 Å². The maximum Gasteiger partial charge on any atom is 0.130 e. The number of carbonyl (C=O) groups is 2. The minimum atomic E-state index is 0. The van der Waals surface area contributed by atoms with E-state index in [0.717, 1.165) is 0 Å². The van der Waals surface area contributed by atoms with Crippen LogP contribution in [0.5, 0.6) is 0 Å². The van der Waals surface area contributed by atoms with Crippen molar-refractivity contribution < 1.29 is 42.3 Å². The first-order chi connectivity index (χ1) is 5.56. The van der Waals surface area contributed by atoms with Gasteiger partial charge in [-0.3, -0.25) is 0 Å². The monoisotopic (exact) mass is 258 g/mol. The van der Waals surface area contributed by atoms with Gasteiger partial charge in [-0.15, -0.1) is 6.42 Å². The van der Waals surface area contributed by atoms with Crippen molar-refractivity contribution in [2.24, 2.45) is 5.92 Å². The molecule has 0 heterocycles. The fourth-order valence-corrected chi connectivity index (χ4v) is 1.26. The van der Waals surface area contributed by atoms with Crippen LogP contribution in [0.4, 0.5) is 0 Å². The van der Waals surface area contributed by atoms with Crippen LogP contribution in [0.2, 0.25) is 0 Å².